The number of ether oxygens (including phenoxy) is 1. The van der Waals surface area contributed by atoms with Gasteiger partial charge >= 0.3 is 5.97 Å². The monoisotopic (exact) mass is 524 g/mol. The summed E-state index contributed by atoms with van der Waals surface area (Å²) in [7, 11) is 0. The van der Waals surface area contributed by atoms with Crippen LogP contribution in [0.1, 0.15) is 30.9 Å². The number of hydrogen-bond acceptors (Lipinski definition) is 6. The van der Waals surface area contributed by atoms with Crippen molar-refractivity contribution in [3.63, 3.8) is 0 Å². The molecule has 34 heavy (non-hydrogen) atoms. The molecule has 3 rings (SSSR count). The number of carboxylic acids is 1. The minimum Gasteiger partial charge on any atom is -0.508 e. The Balaban J connectivity index is 1.81. The maximum Gasteiger partial charge on any atom is 0.327 e. The van der Waals surface area contributed by atoms with Gasteiger partial charge in [-0.05, 0) is 29.7 Å². The molecule has 0 aliphatic heterocycles. The Hall–Kier alpha value is -2.68. The molecule has 6 nitrogen and oxygen atoms in total. The number of carboxylic acid groups (broad SMARTS) is 1. The first-order chi connectivity index (χ1) is 16.2. The lowest BCUT2D eigenvalue weighted by atomic mass is 10.0. The molecule has 10 heteroatoms. The van der Waals surface area contributed by atoms with Crippen molar-refractivity contribution in [2.45, 2.75) is 31.6 Å². The Morgan fingerprint density at radius 3 is 2.53 bits per heavy atom. The van der Waals surface area contributed by atoms with E-state index >= 15 is 0 Å². The summed E-state index contributed by atoms with van der Waals surface area (Å²) in [6.45, 7) is 3.80. The van der Waals surface area contributed by atoms with Crippen LogP contribution in [0.2, 0.25) is 10.0 Å². The highest BCUT2D eigenvalue weighted by molar-refractivity contribution is 7.98. The van der Waals surface area contributed by atoms with Crippen LogP contribution < -0.4 is 10.1 Å². The number of anilines is 1. The van der Waals surface area contributed by atoms with Crippen LogP contribution in [0.25, 0.3) is 0 Å². The number of nitrogens with zero attached hydrogens (tertiary/aromatic N) is 1. The van der Waals surface area contributed by atoms with Crippen LogP contribution in [0.4, 0.5) is 10.2 Å². The van der Waals surface area contributed by atoms with Crippen molar-refractivity contribution in [2.24, 2.45) is 0 Å². The standard InChI is InChI=1S/C24H23Cl2FN2O4S/c1-13(2)16-10-15(8-9-18(16)30)33-21-19(25)22(27)29-23(20(21)26)28-17(24(31)32)12-34-11-14-6-4-3-5-7-14/h3-10,13,17,30H,11-12H2,1-2H3,(H,28,29)(H,31,32). The van der Waals surface area contributed by atoms with Gasteiger partial charge in [0.15, 0.2) is 11.6 Å². The number of phenols is 1. The quantitative estimate of drug-likeness (QED) is 0.247. The lowest BCUT2D eigenvalue weighted by Crippen LogP contribution is -2.32. The van der Waals surface area contributed by atoms with E-state index in [1.807, 2.05) is 44.2 Å². The van der Waals surface area contributed by atoms with Crippen molar-refractivity contribution in [2.75, 3.05) is 11.1 Å². The maximum absolute atomic E-state index is 14.5. The van der Waals surface area contributed by atoms with Crippen LogP contribution in [0, 0.1) is 5.95 Å². The zero-order valence-electron chi connectivity index (χ0n) is 18.4. The number of nitrogens with one attached hydrogen (secondary N) is 1. The average Bonchev–Trinajstić information content (AvgIpc) is 2.80. The van der Waals surface area contributed by atoms with Gasteiger partial charge in [-0.3, -0.25) is 0 Å². The van der Waals surface area contributed by atoms with Crippen LogP contribution in [0.15, 0.2) is 48.5 Å². The number of aromatic hydroxyl groups is 1. The third-order valence-corrected chi connectivity index (χ3v) is 6.63. The Kier molecular flexibility index (Phi) is 8.88. The number of carbonyl (C=O) groups is 1. The van der Waals surface area contributed by atoms with E-state index in [1.165, 1.54) is 23.9 Å². The molecule has 1 unspecified atom stereocenters. The molecule has 1 atom stereocenters. The predicted octanol–water partition coefficient (Wildman–Crippen LogP) is 6.95. The molecule has 2 aromatic carbocycles. The van der Waals surface area contributed by atoms with Crippen molar-refractivity contribution >= 4 is 46.8 Å². The predicted molar refractivity (Wildman–Crippen MR) is 134 cm³/mol. The van der Waals surface area contributed by atoms with Crippen LogP contribution in [-0.2, 0) is 10.5 Å². The number of aromatic nitrogens is 1. The van der Waals surface area contributed by atoms with Gasteiger partial charge in [0.2, 0.25) is 5.95 Å². The molecule has 3 N–H and O–H groups in total. The maximum atomic E-state index is 14.5. The average molecular weight is 525 g/mol. The summed E-state index contributed by atoms with van der Waals surface area (Å²) in [6.07, 6.45) is 0. The van der Waals surface area contributed by atoms with Gasteiger partial charge in [-0.1, -0.05) is 67.4 Å². The largest absolute Gasteiger partial charge is 0.508 e. The summed E-state index contributed by atoms with van der Waals surface area (Å²) < 4.78 is 20.2. The topological polar surface area (TPSA) is 91.7 Å². The highest BCUT2D eigenvalue weighted by Crippen LogP contribution is 2.42. The number of benzene rings is 2. The van der Waals surface area contributed by atoms with E-state index in [-0.39, 0.29) is 39.8 Å². The molecule has 0 saturated carbocycles. The number of hydrogen-bond donors (Lipinski definition) is 3. The first-order valence-electron chi connectivity index (χ1n) is 10.3. The molecule has 180 valence electrons. The molecule has 0 radical (unpaired) electrons. The van der Waals surface area contributed by atoms with Crippen molar-refractivity contribution < 1.29 is 24.1 Å². The Morgan fingerprint density at radius 1 is 1.18 bits per heavy atom. The number of pyridine rings is 1. The molecule has 1 aromatic heterocycles. The van der Waals surface area contributed by atoms with Crippen molar-refractivity contribution in [3.05, 3.63) is 75.7 Å². The molecule has 0 aliphatic carbocycles. The van der Waals surface area contributed by atoms with Crippen LogP contribution in [0.5, 0.6) is 17.2 Å². The van der Waals surface area contributed by atoms with Gasteiger partial charge in [-0.25, -0.2) is 4.79 Å². The SMILES string of the molecule is CC(C)c1cc(Oc2c(Cl)c(F)nc(NC(CSCc3ccccc3)C(=O)O)c2Cl)ccc1O. The highest BCUT2D eigenvalue weighted by atomic mass is 35.5. The number of phenolic OH excluding ortho intramolecular Hbond substituents is 1. The first-order valence-corrected chi connectivity index (χ1v) is 12.2. The molecular formula is C24H23Cl2FN2O4S. The second-order valence-electron chi connectivity index (χ2n) is 7.72. The van der Waals surface area contributed by atoms with Gasteiger partial charge in [0.25, 0.3) is 0 Å². The van der Waals surface area contributed by atoms with E-state index < -0.39 is 23.0 Å². The lowest BCUT2D eigenvalue weighted by molar-refractivity contribution is -0.137. The number of halogens is 3. The van der Waals surface area contributed by atoms with Crippen molar-refractivity contribution in [1.82, 2.24) is 4.98 Å². The summed E-state index contributed by atoms with van der Waals surface area (Å²) >= 11 is 13.9. The van der Waals surface area contributed by atoms with Crippen LogP contribution in [0.3, 0.4) is 0 Å². The number of aliphatic carboxylic acids is 1. The zero-order chi connectivity index (χ0) is 24.8. The molecule has 1 heterocycles. The second kappa shape index (κ2) is 11.6. The first kappa shape index (κ1) is 25.9. The number of thioether (sulfide) groups is 1. The van der Waals surface area contributed by atoms with Crippen molar-refractivity contribution in [3.8, 4) is 17.2 Å². The molecule has 0 fully saturated rings. The molecule has 0 amide bonds. The molecule has 0 aliphatic rings. The summed E-state index contributed by atoms with van der Waals surface area (Å²) in [5.74, 6) is -1.45. The molecule has 0 spiro atoms. The minimum atomic E-state index is -1.14. The summed E-state index contributed by atoms with van der Waals surface area (Å²) in [5.41, 5.74) is 1.68. The van der Waals surface area contributed by atoms with E-state index in [0.717, 1.165) is 5.56 Å². The fourth-order valence-electron chi connectivity index (χ4n) is 3.06. The van der Waals surface area contributed by atoms with Gasteiger partial charge < -0.3 is 20.3 Å². The summed E-state index contributed by atoms with van der Waals surface area (Å²) in [5, 5.41) is 21.7. The Morgan fingerprint density at radius 2 is 1.88 bits per heavy atom. The fraction of sp³-hybridized carbons (Fsp3) is 0.250. The van der Waals surface area contributed by atoms with Gasteiger partial charge in [0, 0.05) is 17.1 Å². The van der Waals surface area contributed by atoms with Crippen molar-refractivity contribution in [1.29, 1.82) is 0 Å². The second-order valence-corrected chi connectivity index (χ2v) is 9.51. The molecule has 0 saturated heterocycles. The molecule has 0 bridgehead atoms. The smallest absolute Gasteiger partial charge is 0.327 e. The highest BCUT2D eigenvalue weighted by Gasteiger charge is 2.25. The summed E-state index contributed by atoms with van der Waals surface area (Å²) in [6, 6.07) is 13.0. The summed E-state index contributed by atoms with van der Waals surface area (Å²) in [4.78, 5) is 15.5. The van der Waals surface area contributed by atoms with E-state index in [2.05, 4.69) is 10.3 Å². The number of rotatable bonds is 10. The van der Waals surface area contributed by atoms with Gasteiger partial charge in [0.05, 0.1) is 0 Å². The van der Waals surface area contributed by atoms with Gasteiger partial charge in [0.1, 0.15) is 27.6 Å². The Bertz CT molecular complexity index is 1170. The molecule has 3 aromatic rings. The minimum absolute atomic E-state index is 0.00519. The third-order valence-electron chi connectivity index (χ3n) is 4.84. The normalized spacial score (nSPS) is 11.9. The van der Waals surface area contributed by atoms with E-state index in [0.29, 0.717) is 11.3 Å². The zero-order valence-corrected chi connectivity index (χ0v) is 20.7. The van der Waals surface area contributed by atoms with E-state index in [4.69, 9.17) is 27.9 Å². The lowest BCUT2D eigenvalue weighted by Gasteiger charge is -2.18. The van der Waals surface area contributed by atoms with Crippen LogP contribution in [-0.4, -0.2) is 33.0 Å². The van der Waals surface area contributed by atoms with Crippen LogP contribution >= 0.6 is 35.0 Å². The third kappa shape index (κ3) is 6.46. The van der Waals surface area contributed by atoms with E-state index in [1.54, 1.807) is 6.07 Å². The molecular weight excluding hydrogens is 502 g/mol. The van der Waals surface area contributed by atoms with Gasteiger partial charge in [-0.2, -0.15) is 21.1 Å². The van der Waals surface area contributed by atoms with E-state index in [9.17, 15) is 19.4 Å². The Labute approximate surface area is 211 Å². The fourth-order valence-corrected chi connectivity index (χ4v) is 4.53. The van der Waals surface area contributed by atoms with Gasteiger partial charge in [-0.15, -0.1) is 0 Å².